The second-order valence-electron chi connectivity index (χ2n) is 6.90. The van der Waals surface area contributed by atoms with Gasteiger partial charge in [-0.3, -0.25) is 9.69 Å². The molecule has 1 aliphatic rings. The monoisotopic (exact) mass is 343 g/mol. The molecular weight excluding hydrogens is 318 g/mol. The van der Waals surface area contributed by atoms with Crippen molar-refractivity contribution in [3.63, 3.8) is 0 Å². The van der Waals surface area contributed by atoms with Gasteiger partial charge in [0.15, 0.2) is 0 Å². The number of rotatable bonds is 6. The molecule has 1 amide bonds. The molecule has 1 aromatic heterocycles. The number of nitrogens with one attached hydrogen (secondary N) is 1. The van der Waals surface area contributed by atoms with Gasteiger partial charge in [-0.15, -0.1) is 11.3 Å². The Morgan fingerprint density at radius 3 is 2.75 bits per heavy atom. The van der Waals surface area contributed by atoms with E-state index in [2.05, 4.69) is 35.3 Å². The Hall–Kier alpha value is -1.69. The molecule has 24 heavy (non-hydrogen) atoms. The van der Waals surface area contributed by atoms with E-state index in [4.69, 9.17) is 5.73 Å². The zero-order valence-electron chi connectivity index (χ0n) is 14.1. The Balaban J connectivity index is 1.66. The van der Waals surface area contributed by atoms with Crippen LogP contribution >= 0.6 is 11.3 Å². The summed E-state index contributed by atoms with van der Waals surface area (Å²) in [5, 5.41) is 5.25. The van der Waals surface area contributed by atoms with Gasteiger partial charge in [0.05, 0.1) is 12.6 Å². The van der Waals surface area contributed by atoms with Crippen LogP contribution in [0.4, 0.5) is 0 Å². The lowest BCUT2D eigenvalue weighted by atomic mass is 9.90. The molecule has 1 aromatic carbocycles. The standard InChI is InChI=1S/C19H25N3OS/c1-19(13-20)9-10-22(14-19)12-17(23)21-18(16-8-5-11-24-16)15-6-3-2-4-7-15/h2-8,11,18H,9-10,12-14,20H2,1H3,(H,21,23). The van der Waals surface area contributed by atoms with E-state index in [9.17, 15) is 4.79 Å². The van der Waals surface area contributed by atoms with Crippen molar-refractivity contribution in [2.75, 3.05) is 26.2 Å². The van der Waals surface area contributed by atoms with E-state index in [1.807, 2.05) is 29.6 Å². The molecule has 5 heteroatoms. The number of carbonyl (C=O) groups excluding carboxylic acids is 1. The zero-order chi connectivity index (χ0) is 17.0. The van der Waals surface area contributed by atoms with E-state index >= 15 is 0 Å². The predicted octanol–water partition coefficient (Wildman–Crippen LogP) is 2.62. The van der Waals surface area contributed by atoms with Crippen LogP contribution in [0, 0.1) is 5.41 Å². The number of nitrogens with zero attached hydrogens (tertiary/aromatic N) is 1. The van der Waals surface area contributed by atoms with Gasteiger partial charge < -0.3 is 11.1 Å². The SMILES string of the molecule is CC1(CN)CCN(CC(=O)NC(c2ccccc2)c2cccs2)C1. The Kier molecular flexibility index (Phi) is 5.33. The molecule has 2 atom stereocenters. The number of carbonyl (C=O) groups is 1. The van der Waals surface area contributed by atoms with Crippen molar-refractivity contribution in [3.8, 4) is 0 Å². The number of amides is 1. The molecule has 2 heterocycles. The Morgan fingerprint density at radius 2 is 2.12 bits per heavy atom. The minimum absolute atomic E-state index is 0.0681. The van der Waals surface area contributed by atoms with Gasteiger partial charge in [0, 0.05) is 11.4 Å². The van der Waals surface area contributed by atoms with Gasteiger partial charge in [0.1, 0.15) is 0 Å². The molecule has 0 aliphatic carbocycles. The summed E-state index contributed by atoms with van der Waals surface area (Å²) in [5.74, 6) is 0.0681. The first kappa shape index (κ1) is 17.1. The van der Waals surface area contributed by atoms with Gasteiger partial charge in [0.25, 0.3) is 0 Å². The molecule has 0 spiro atoms. The summed E-state index contributed by atoms with van der Waals surface area (Å²) in [6.45, 7) is 5.14. The predicted molar refractivity (Wildman–Crippen MR) is 99.0 cm³/mol. The molecule has 2 aromatic rings. The lowest BCUT2D eigenvalue weighted by Gasteiger charge is -2.23. The molecule has 4 nitrogen and oxygen atoms in total. The van der Waals surface area contributed by atoms with Crippen molar-refractivity contribution >= 4 is 17.2 Å². The van der Waals surface area contributed by atoms with Crippen molar-refractivity contribution in [2.24, 2.45) is 11.1 Å². The van der Waals surface area contributed by atoms with Gasteiger partial charge in [-0.05, 0) is 41.9 Å². The minimum atomic E-state index is -0.0813. The van der Waals surface area contributed by atoms with E-state index in [-0.39, 0.29) is 17.4 Å². The molecule has 1 saturated heterocycles. The highest BCUT2D eigenvalue weighted by Gasteiger charge is 2.33. The first-order valence-corrected chi connectivity index (χ1v) is 9.28. The lowest BCUT2D eigenvalue weighted by molar-refractivity contribution is -0.122. The fraction of sp³-hybridized carbons (Fsp3) is 0.421. The smallest absolute Gasteiger partial charge is 0.234 e. The average Bonchev–Trinajstić information content (AvgIpc) is 3.24. The highest BCUT2D eigenvalue weighted by Crippen LogP contribution is 2.29. The molecule has 3 N–H and O–H groups in total. The van der Waals surface area contributed by atoms with Crippen molar-refractivity contribution in [3.05, 3.63) is 58.3 Å². The maximum absolute atomic E-state index is 12.6. The normalized spacial score (nSPS) is 22.4. The fourth-order valence-corrected chi connectivity index (χ4v) is 4.06. The van der Waals surface area contributed by atoms with Crippen molar-refractivity contribution < 1.29 is 4.79 Å². The van der Waals surface area contributed by atoms with Gasteiger partial charge in [0.2, 0.25) is 5.91 Å². The van der Waals surface area contributed by atoms with Crippen molar-refractivity contribution in [1.29, 1.82) is 0 Å². The summed E-state index contributed by atoms with van der Waals surface area (Å²) in [6, 6.07) is 14.2. The molecule has 3 rings (SSSR count). The second kappa shape index (κ2) is 7.47. The third-order valence-electron chi connectivity index (χ3n) is 4.76. The molecule has 0 bridgehead atoms. The van der Waals surface area contributed by atoms with E-state index in [0.29, 0.717) is 13.1 Å². The molecular formula is C19H25N3OS. The Morgan fingerprint density at radius 1 is 1.33 bits per heavy atom. The summed E-state index contributed by atoms with van der Waals surface area (Å²) in [5.41, 5.74) is 7.11. The molecule has 2 unspecified atom stereocenters. The largest absolute Gasteiger partial charge is 0.343 e. The zero-order valence-corrected chi connectivity index (χ0v) is 14.9. The van der Waals surface area contributed by atoms with Crippen molar-refractivity contribution in [1.82, 2.24) is 10.2 Å². The maximum Gasteiger partial charge on any atom is 0.234 e. The summed E-state index contributed by atoms with van der Waals surface area (Å²) < 4.78 is 0. The summed E-state index contributed by atoms with van der Waals surface area (Å²) in [7, 11) is 0. The summed E-state index contributed by atoms with van der Waals surface area (Å²) in [4.78, 5) is 16.0. The Bertz CT molecular complexity index is 659. The highest BCUT2D eigenvalue weighted by atomic mass is 32.1. The molecule has 128 valence electrons. The lowest BCUT2D eigenvalue weighted by Crippen LogP contribution is -2.39. The summed E-state index contributed by atoms with van der Waals surface area (Å²) in [6.07, 6.45) is 1.06. The van der Waals surface area contributed by atoms with Gasteiger partial charge in [-0.2, -0.15) is 0 Å². The molecule has 0 radical (unpaired) electrons. The van der Waals surface area contributed by atoms with E-state index in [1.54, 1.807) is 11.3 Å². The maximum atomic E-state index is 12.6. The van der Waals surface area contributed by atoms with E-state index in [0.717, 1.165) is 30.0 Å². The van der Waals surface area contributed by atoms with Gasteiger partial charge >= 0.3 is 0 Å². The number of likely N-dealkylation sites (tertiary alicyclic amines) is 1. The number of hydrogen-bond donors (Lipinski definition) is 2. The molecule has 1 aliphatic heterocycles. The van der Waals surface area contributed by atoms with Crippen LogP contribution in [0.25, 0.3) is 0 Å². The van der Waals surface area contributed by atoms with Crippen LogP contribution in [0.2, 0.25) is 0 Å². The highest BCUT2D eigenvalue weighted by molar-refractivity contribution is 7.10. The summed E-state index contributed by atoms with van der Waals surface area (Å²) >= 11 is 1.67. The van der Waals surface area contributed by atoms with Crippen LogP contribution in [-0.4, -0.2) is 37.0 Å². The quantitative estimate of drug-likeness (QED) is 0.848. The van der Waals surface area contributed by atoms with Crippen LogP contribution in [0.3, 0.4) is 0 Å². The van der Waals surface area contributed by atoms with Crippen LogP contribution in [0.15, 0.2) is 47.8 Å². The first-order chi connectivity index (χ1) is 11.6. The van der Waals surface area contributed by atoms with Crippen LogP contribution in [-0.2, 0) is 4.79 Å². The second-order valence-corrected chi connectivity index (χ2v) is 7.88. The van der Waals surface area contributed by atoms with Crippen LogP contribution in [0.5, 0.6) is 0 Å². The average molecular weight is 343 g/mol. The molecule has 0 saturated carbocycles. The van der Waals surface area contributed by atoms with Crippen LogP contribution in [0.1, 0.15) is 29.8 Å². The van der Waals surface area contributed by atoms with Crippen molar-refractivity contribution in [2.45, 2.75) is 19.4 Å². The fourth-order valence-electron chi connectivity index (χ4n) is 3.26. The van der Waals surface area contributed by atoms with Crippen LogP contribution < -0.4 is 11.1 Å². The first-order valence-electron chi connectivity index (χ1n) is 8.40. The topological polar surface area (TPSA) is 58.4 Å². The third-order valence-corrected chi connectivity index (χ3v) is 5.70. The number of nitrogens with two attached hydrogens (primary N) is 1. The van der Waals surface area contributed by atoms with E-state index < -0.39 is 0 Å². The minimum Gasteiger partial charge on any atom is -0.343 e. The van der Waals surface area contributed by atoms with E-state index in [1.165, 1.54) is 0 Å². The number of hydrogen-bond acceptors (Lipinski definition) is 4. The third kappa shape index (κ3) is 4.04. The number of thiophene rings is 1. The van der Waals surface area contributed by atoms with Gasteiger partial charge in [-0.25, -0.2) is 0 Å². The Labute approximate surface area is 147 Å². The van der Waals surface area contributed by atoms with Gasteiger partial charge in [-0.1, -0.05) is 43.3 Å². The number of benzene rings is 1. The molecule has 1 fully saturated rings.